The van der Waals surface area contributed by atoms with E-state index in [2.05, 4.69) is 51.7 Å². The summed E-state index contributed by atoms with van der Waals surface area (Å²) in [7, 11) is 0. The van der Waals surface area contributed by atoms with Crippen LogP contribution in [0.3, 0.4) is 0 Å². The third kappa shape index (κ3) is 6.98. The zero-order valence-corrected chi connectivity index (χ0v) is 29.7. The molecule has 0 saturated carbocycles. The number of hydrogen-bond donors (Lipinski definition) is 2. The highest BCUT2D eigenvalue weighted by molar-refractivity contribution is 6.14. The minimum atomic E-state index is -1.49. The summed E-state index contributed by atoms with van der Waals surface area (Å²) in [5.41, 5.74) is 2.85. The first-order valence-electron chi connectivity index (χ1n) is 17.7. The van der Waals surface area contributed by atoms with E-state index >= 15 is 0 Å². The summed E-state index contributed by atoms with van der Waals surface area (Å²) in [6.45, 7) is 2.10. The molecule has 5 aromatic carbocycles. The molecular weight excluding hydrogens is 695 g/mol. The number of hydrogen-bond acceptors (Lipinski definition) is 8. The van der Waals surface area contributed by atoms with Crippen molar-refractivity contribution in [1.82, 2.24) is 25.2 Å². The van der Waals surface area contributed by atoms with Crippen LogP contribution in [-0.4, -0.2) is 59.7 Å². The van der Waals surface area contributed by atoms with Crippen molar-refractivity contribution >= 4 is 17.7 Å². The van der Waals surface area contributed by atoms with Gasteiger partial charge in [0.2, 0.25) is 17.5 Å². The molecule has 0 saturated heterocycles. The van der Waals surface area contributed by atoms with E-state index in [-0.39, 0.29) is 18.1 Å². The minimum absolute atomic E-state index is 0.154. The number of tetrazole rings is 1. The Morgan fingerprint density at radius 2 is 1.20 bits per heavy atom. The highest BCUT2D eigenvalue weighted by Gasteiger charge is 2.41. The number of carbonyl (C=O) groups is 3. The molecule has 11 heteroatoms. The van der Waals surface area contributed by atoms with Crippen molar-refractivity contribution in [3.05, 3.63) is 185 Å². The third-order valence-electron chi connectivity index (χ3n) is 9.31. The second-order valence-electron chi connectivity index (χ2n) is 12.7. The molecule has 0 fully saturated rings. The summed E-state index contributed by atoms with van der Waals surface area (Å²) in [5.74, 6) is -3.52. The number of rotatable bonds is 14. The van der Waals surface area contributed by atoms with Gasteiger partial charge in [-0.3, -0.25) is 4.79 Å². The van der Waals surface area contributed by atoms with Crippen molar-refractivity contribution in [2.45, 2.75) is 25.3 Å². The maximum absolute atomic E-state index is 13.8. The number of nitrogens with zero attached hydrogens (tertiary/aromatic N) is 5. The van der Waals surface area contributed by atoms with Gasteiger partial charge in [-0.2, -0.15) is 0 Å². The van der Waals surface area contributed by atoms with Crippen LogP contribution in [0.2, 0.25) is 0 Å². The largest absolute Gasteiger partial charge is 0.478 e. The standard InChI is InChI=1S/C44H35N5O6/c1-2-3-27-55-41-37(43(53)54)28-36(42(51)52)38(45-41)39(50)30-25-23-29(24-26-30)34-21-13-14-22-35(34)40-46-48-49(47-40)44(31-15-7-4-8-16-31,32-17-9-5-10-18-32)33-19-11-6-12-20-33/h4-26,28H,2-3,27H2,1H3,(H,51,52)(H,53,54). The average Bonchev–Trinajstić information content (AvgIpc) is 3.72. The number of benzene rings is 5. The third-order valence-corrected chi connectivity index (χ3v) is 9.31. The number of carbonyl (C=O) groups excluding carboxylic acids is 1. The SMILES string of the molecule is CCCCOc1nc(C(=O)c2ccc(-c3ccccc3-c3nnn(C(c4ccccc4)(c4ccccc4)c4ccccc4)n3)cc2)c(C(=O)O)cc1C(=O)O. The van der Waals surface area contributed by atoms with Gasteiger partial charge < -0.3 is 14.9 Å². The normalized spacial score (nSPS) is 11.2. The molecule has 0 spiro atoms. The van der Waals surface area contributed by atoms with Crippen LogP contribution in [-0.2, 0) is 5.54 Å². The molecule has 0 aliphatic carbocycles. The predicted octanol–water partition coefficient (Wildman–Crippen LogP) is 8.05. The van der Waals surface area contributed by atoms with E-state index in [0.717, 1.165) is 40.3 Å². The highest BCUT2D eigenvalue weighted by atomic mass is 16.5. The summed E-state index contributed by atoms with van der Waals surface area (Å²) >= 11 is 0. The Balaban J connectivity index is 1.28. The molecule has 11 nitrogen and oxygen atoms in total. The molecule has 0 atom stereocenters. The molecule has 0 radical (unpaired) electrons. The Bertz CT molecular complexity index is 2370. The molecule has 272 valence electrons. The number of aromatic nitrogens is 5. The zero-order valence-electron chi connectivity index (χ0n) is 29.7. The van der Waals surface area contributed by atoms with E-state index in [9.17, 15) is 24.6 Å². The quantitative estimate of drug-likeness (QED) is 0.0638. The maximum atomic E-state index is 13.8. The van der Waals surface area contributed by atoms with Crippen LogP contribution in [0.4, 0.5) is 0 Å². The van der Waals surface area contributed by atoms with Gasteiger partial charge in [0.25, 0.3) is 0 Å². The first-order chi connectivity index (χ1) is 26.8. The molecule has 0 aliphatic rings. The number of aromatic carboxylic acids is 2. The molecule has 0 unspecified atom stereocenters. The van der Waals surface area contributed by atoms with E-state index in [1.54, 1.807) is 29.1 Å². The van der Waals surface area contributed by atoms with Crippen molar-refractivity contribution in [2.24, 2.45) is 0 Å². The van der Waals surface area contributed by atoms with Gasteiger partial charge in [-0.25, -0.2) is 14.6 Å². The fraction of sp³-hybridized carbons (Fsp3) is 0.114. The molecule has 2 heterocycles. The van der Waals surface area contributed by atoms with E-state index < -0.39 is 40.1 Å². The Morgan fingerprint density at radius 3 is 1.73 bits per heavy atom. The van der Waals surface area contributed by atoms with Crippen LogP contribution >= 0.6 is 0 Å². The van der Waals surface area contributed by atoms with Gasteiger partial charge in [0, 0.05) is 11.1 Å². The Morgan fingerprint density at radius 1 is 0.673 bits per heavy atom. The molecule has 0 aliphatic heterocycles. The lowest BCUT2D eigenvalue weighted by molar-refractivity contribution is 0.0688. The van der Waals surface area contributed by atoms with Gasteiger partial charge >= 0.3 is 11.9 Å². The fourth-order valence-corrected chi connectivity index (χ4v) is 6.63. The zero-order chi connectivity index (χ0) is 38.4. The summed E-state index contributed by atoms with van der Waals surface area (Å²) in [6, 6.07) is 45.3. The molecule has 7 rings (SSSR count). The molecule has 0 bridgehead atoms. The number of pyridine rings is 1. The topological polar surface area (TPSA) is 157 Å². The Hall–Kier alpha value is -7.27. The van der Waals surface area contributed by atoms with Crippen molar-refractivity contribution in [2.75, 3.05) is 6.61 Å². The van der Waals surface area contributed by atoms with Gasteiger partial charge in [0.1, 0.15) is 11.3 Å². The molecule has 7 aromatic rings. The fourth-order valence-electron chi connectivity index (χ4n) is 6.63. The summed E-state index contributed by atoms with van der Waals surface area (Å²) in [4.78, 5) is 43.6. The van der Waals surface area contributed by atoms with E-state index in [4.69, 9.17) is 9.84 Å². The van der Waals surface area contributed by atoms with Crippen LogP contribution in [0.15, 0.2) is 146 Å². The number of carboxylic acids is 2. The van der Waals surface area contributed by atoms with Crippen molar-refractivity contribution in [3.8, 4) is 28.4 Å². The summed E-state index contributed by atoms with van der Waals surface area (Å²) in [6.07, 6.45) is 1.40. The molecule has 0 amide bonds. The second-order valence-corrected chi connectivity index (χ2v) is 12.7. The van der Waals surface area contributed by atoms with Gasteiger partial charge in [0.15, 0.2) is 5.54 Å². The number of ketones is 1. The molecule has 2 N–H and O–H groups in total. The summed E-state index contributed by atoms with van der Waals surface area (Å²) < 4.78 is 5.57. The minimum Gasteiger partial charge on any atom is -0.478 e. The number of unbranched alkanes of at least 4 members (excludes halogenated alkanes) is 1. The van der Waals surface area contributed by atoms with Crippen LogP contribution in [0.5, 0.6) is 5.88 Å². The monoisotopic (exact) mass is 729 g/mol. The first-order valence-corrected chi connectivity index (χ1v) is 17.7. The lowest BCUT2D eigenvalue weighted by Crippen LogP contribution is -2.39. The number of carboxylic acid groups (broad SMARTS) is 2. The summed E-state index contributed by atoms with van der Waals surface area (Å²) in [5, 5.41) is 34.0. The van der Waals surface area contributed by atoms with E-state index in [1.807, 2.05) is 85.8 Å². The van der Waals surface area contributed by atoms with Crippen LogP contribution in [0, 0.1) is 0 Å². The van der Waals surface area contributed by atoms with Gasteiger partial charge in [0.05, 0.1) is 12.2 Å². The van der Waals surface area contributed by atoms with Crippen molar-refractivity contribution in [3.63, 3.8) is 0 Å². The molecule has 55 heavy (non-hydrogen) atoms. The molecular formula is C44H35N5O6. The van der Waals surface area contributed by atoms with E-state index in [0.29, 0.717) is 17.8 Å². The van der Waals surface area contributed by atoms with Crippen LogP contribution in [0.1, 0.15) is 73.2 Å². The number of ether oxygens (including phenoxy) is 1. The highest BCUT2D eigenvalue weighted by Crippen LogP contribution is 2.40. The van der Waals surface area contributed by atoms with Crippen molar-refractivity contribution in [1.29, 1.82) is 0 Å². The molecule has 2 aromatic heterocycles. The lowest BCUT2D eigenvalue weighted by atomic mass is 9.77. The predicted molar refractivity (Wildman–Crippen MR) is 205 cm³/mol. The maximum Gasteiger partial charge on any atom is 0.341 e. The Kier molecular flexibility index (Phi) is 10.3. The van der Waals surface area contributed by atoms with Crippen LogP contribution in [0.25, 0.3) is 22.5 Å². The van der Waals surface area contributed by atoms with Gasteiger partial charge in [-0.15, -0.1) is 15.0 Å². The Labute approximate surface area is 316 Å². The second kappa shape index (κ2) is 15.8. The smallest absolute Gasteiger partial charge is 0.341 e. The van der Waals surface area contributed by atoms with Crippen LogP contribution < -0.4 is 4.74 Å². The van der Waals surface area contributed by atoms with E-state index in [1.165, 1.54) is 0 Å². The van der Waals surface area contributed by atoms with Crippen molar-refractivity contribution < 1.29 is 29.3 Å². The lowest BCUT2D eigenvalue weighted by Gasteiger charge is -2.34. The van der Waals surface area contributed by atoms with Gasteiger partial charge in [-0.1, -0.05) is 153 Å². The van der Waals surface area contributed by atoms with Gasteiger partial charge in [-0.05, 0) is 45.5 Å². The first kappa shape index (κ1) is 36.1. The average molecular weight is 730 g/mol.